The van der Waals surface area contributed by atoms with Gasteiger partial charge in [0.15, 0.2) is 0 Å². The van der Waals surface area contributed by atoms with Crippen molar-refractivity contribution in [1.82, 2.24) is 15.2 Å². The van der Waals surface area contributed by atoms with Crippen LogP contribution < -0.4 is 10.2 Å². The number of anilines is 1. The molecule has 2 aliphatic heterocycles. The van der Waals surface area contributed by atoms with Crippen LogP contribution in [0.15, 0.2) is 36.4 Å². The third-order valence-corrected chi connectivity index (χ3v) is 8.06. The molecule has 0 aliphatic carbocycles. The predicted octanol–water partition coefficient (Wildman–Crippen LogP) is 4.53. The highest BCUT2D eigenvalue weighted by Gasteiger charge is 2.62. The minimum Gasteiger partial charge on any atom is -0.368 e. The summed E-state index contributed by atoms with van der Waals surface area (Å²) in [5, 5.41) is 13.2. The van der Waals surface area contributed by atoms with Crippen LogP contribution in [-0.4, -0.2) is 66.2 Å². The molecular formula is C27H31ClF4N4O3. The van der Waals surface area contributed by atoms with E-state index < -0.39 is 29.1 Å². The van der Waals surface area contributed by atoms with Crippen LogP contribution in [-0.2, 0) is 10.4 Å². The number of hydrogen-bond donors (Lipinski definition) is 2. The number of nitrogens with one attached hydrogen (secondary N) is 1. The van der Waals surface area contributed by atoms with Gasteiger partial charge in [-0.2, -0.15) is 13.2 Å². The Hall–Kier alpha value is -2.92. The minimum absolute atomic E-state index is 0.0934. The van der Waals surface area contributed by atoms with E-state index >= 15 is 0 Å². The Labute approximate surface area is 229 Å². The topological polar surface area (TPSA) is 85.8 Å². The number of rotatable bonds is 6. The number of piperidine rings is 2. The Morgan fingerprint density at radius 2 is 1.67 bits per heavy atom. The fourth-order valence-electron chi connectivity index (χ4n) is 5.50. The average Bonchev–Trinajstić information content (AvgIpc) is 2.92. The molecule has 2 aliphatic rings. The second kappa shape index (κ2) is 11.7. The summed E-state index contributed by atoms with van der Waals surface area (Å²) in [6.07, 6.45) is -1.54. The molecular weight excluding hydrogens is 540 g/mol. The van der Waals surface area contributed by atoms with Crippen LogP contribution >= 0.6 is 11.6 Å². The summed E-state index contributed by atoms with van der Waals surface area (Å²) in [5.74, 6) is -1.36. The van der Waals surface area contributed by atoms with E-state index in [0.29, 0.717) is 36.2 Å². The minimum atomic E-state index is -5.30. The molecule has 4 rings (SSSR count). The highest BCUT2D eigenvalue weighted by molar-refractivity contribution is 6.32. The van der Waals surface area contributed by atoms with E-state index in [-0.39, 0.29) is 30.1 Å². The molecule has 2 fully saturated rings. The van der Waals surface area contributed by atoms with Crippen LogP contribution in [0.5, 0.6) is 0 Å². The summed E-state index contributed by atoms with van der Waals surface area (Å²) in [6.45, 7) is 1.71. The van der Waals surface area contributed by atoms with Gasteiger partial charge in [0.2, 0.25) is 0 Å². The molecule has 39 heavy (non-hydrogen) atoms. The van der Waals surface area contributed by atoms with Crippen molar-refractivity contribution < 1.29 is 32.3 Å². The lowest BCUT2D eigenvalue weighted by molar-refractivity contribution is -0.262. The van der Waals surface area contributed by atoms with Gasteiger partial charge in [0.05, 0.1) is 5.56 Å². The van der Waals surface area contributed by atoms with Crippen LogP contribution in [0.3, 0.4) is 0 Å². The fourth-order valence-corrected chi connectivity index (χ4v) is 5.73. The van der Waals surface area contributed by atoms with E-state index in [1.165, 1.54) is 7.05 Å². The van der Waals surface area contributed by atoms with E-state index in [4.69, 9.17) is 11.6 Å². The number of carbonyl (C=O) groups is 2. The molecule has 0 spiro atoms. The van der Waals surface area contributed by atoms with E-state index in [9.17, 15) is 32.3 Å². The molecule has 7 nitrogen and oxygen atoms in total. The van der Waals surface area contributed by atoms with Crippen molar-refractivity contribution in [3.8, 4) is 0 Å². The quantitative estimate of drug-likeness (QED) is 0.394. The SMILES string of the molecule is CNC(=O)c1ccc(N2CCC(CC3CCN(C(=O)C(O)(c4cccc(F)c4)C(F)(F)F)CC3)CC2)nc1Cl. The van der Waals surface area contributed by atoms with Crippen molar-refractivity contribution >= 4 is 29.2 Å². The van der Waals surface area contributed by atoms with Gasteiger partial charge in [0.25, 0.3) is 17.4 Å². The third-order valence-electron chi connectivity index (χ3n) is 7.77. The predicted molar refractivity (Wildman–Crippen MR) is 138 cm³/mol. The van der Waals surface area contributed by atoms with Crippen molar-refractivity contribution in [1.29, 1.82) is 0 Å². The maximum atomic E-state index is 13.9. The summed E-state index contributed by atoms with van der Waals surface area (Å²) in [6, 6.07) is 6.87. The van der Waals surface area contributed by atoms with Crippen LogP contribution in [0.25, 0.3) is 0 Å². The van der Waals surface area contributed by atoms with E-state index in [2.05, 4.69) is 15.2 Å². The zero-order chi connectivity index (χ0) is 28.4. The number of benzene rings is 1. The number of pyridine rings is 1. The molecule has 3 heterocycles. The molecule has 2 aromatic rings. The Balaban J connectivity index is 1.31. The molecule has 0 radical (unpaired) electrons. The number of aliphatic hydroxyl groups is 1. The summed E-state index contributed by atoms with van der Waals surface area (Å²) < 4.78 is 55.4. The van der Waals surface area contributed by atoms with Gasteiger partial charge in [0, 0.05) is 38.8 Å². The van der Waals surface area contributed by atoms with Gasteiger partial charge >= 0.3 is 6.18 Å². The summed E-state index contributed by atoms with van der Waals surface area (Å²) >= 11 is 6.19. The van der Waals surface area contributed by atoms with Crippen molar-refractivity contribution in [3.05, 3.63) is 58.5 Å². The molecule has 2 N–H and O–H groups in total. The first-order valence-corrected chi connectivity index (χ1v) is 13.3. The Morgan fingerprint density at radius 1 is 1.05 bits per heavy atom. The zero-order valence-electron chi connectivity index (χ0n) is 21.5. The number of aromatic nitrogens is 1. The van der Waals surface area contributed by atoms with Gasteiger partial charge < -0.3 is 20.2 Å². The Kier molecular flexibility index (Phi) is 8.70. The van der Waals surface area contributed by atoms with Crippen molar-refractivity contribution in [3.63, 3.8) is 0 Å². The van der Waals surface area contributed by atoms with Gasteiger partial charge in [-0.3, -0.25) is 9.59 Å². The lowest BCUT2D eigenvalue weighted by Gasteiger charge is -2.40. The zero-order valence-corrected chi connectivity index (χ0v) is 22.2. The highest BCUT2D eigenvalue weighted by Crippen LogP contribution is 2.42. The average molecular weight is 571 g/mol. The number of nitrogens with zero attached hydrogens (tertiary/aromatic N) is 3. The van der Waals surface area contributed by atoms with Crippen LogP contribution in [0.4, 0.5) is 23.4 Å². The molecule has 2 saturated heterocycles. The standard InChI is InChI=1S/C27H31ClF4N4O3/c1-33-24(37)21-5-6-22(34-23(21)28)35-11-7-17(8-12-35)15-18-9-13-36(14-10-18)25(38)26(39,27(30,31)32)19-3-2-4-20(29)16-19/h2-6,16-18,39H,7-15H2,1H3,(H,33,37). The third kappa shape index (κ3) is 6.14. The molecule has 1 aromatic carbocycles. The monoisotopic (exact) mass is 570 g/mol. The van der Waals surface area contributed by atoms with Crippen molar-refractivity contribution in [2.45, 2.75) is 43.9 Å². The highest BCUT2D eigenvalue weighted by atomic mass is 35.5. The van der Waals surface area contributed by atoms with Gasteiger partial charge in [-0.25, -0.2) is 9.37 Å². The molecule has 1 atom stereocenters. The number of alkyl halides is 3. The van der Waals surface area contributed by atoms with Crippen molar-refractivity contribution in [2.75, 3.05) is 38.1 Å². The van der Waals surface area contributed by atoms with Gasteiger partial charge in [-0.15, -0.1) is 0 Å². The van der Waals surface area contributed by atoms with Crippen LogP contribution in [0, 0.1) is 17.7 Å². The lowest BCUT2D eigenvalue weighted by Crippen LogP contribution is -2.57. The van der Waals surface area contributed by atoms with Gasteiger partial charge in [0.1, 0.15) is 16.8 Å². The van der Waals surface area contributed by atoms with E-state index in [1.807, 2.05) is 0 Å². The molecule has 0 bridgehead atoms. The Bertz CT molecular complexity index is 1200. The van der Waals surface area contributed by atoms with Crippen LogP contribution in [0.2, 0.25) is 5.15 Å². The first-order valence-electron chi connectivity index (χ1n) is 12.9. The summed E-state index contributed by atoms with van der Waals surface area (Å²) in [4.78, 5) is 32.3. The molecule has 0 saturated carbocycles. The largest absolute Gasteiger partial charge is 0.430 e. The molecule has 2 amide bonds. The molecule has 212 valence electrons. The fraction of sp³-hybridized carbons (Fsp3) is 0.519. The normalized spacial score (nSPS) is 19.1. The Morgan fingerprint density at radius 3 is 2.21 bits per heavy atom. The first-order chi connectivity index (χ1) is 18.4. The van der Waals surface area contributed by atoms with E-state index in [0.717, 1.165) is 55.5 Å². The number of likely N-dealkylation sites (tertiary alicyclic amines) is 1. The molecule has 12 heteroatoms. The second-order valence-corrected chi connectivity index (χ2v) is 10.6. The van der Waals surface area contributed by atoms with Gasteiger partial charge in [-0.1, -0.05) is 23.7 Å². The number of carbonyl (C=O) groups excluding carboxylic acids is 2. The molecule has 1 unspecified atom stereocenters. The maximum Gasteiger partial charge on any atom is 0.430 e. The number of halogens is 5. The van der Waals surface area contributed by atoms with Gasteiger partial charge in [-0.05, 0) is 68.2 Å². The summed E-state index contributed by atoms with van der Waals surface area (Å²) in [7, 11) is 1.52. The van der Waals surface area contributed by atoms with E-state index in [1.54, 1.807) is 12.1 Å². The lowest BCUT2D eigenvalue weighted by atomic mass is 9.82. The van der Waals surface area contributed by atoms with Crippen LogP contribution in [0.1, 0.15) is 48.0 Å². The number of hydrogen-bond acceptors (Lipinski definition) is 5. The van der Waals surface area contributed by atoms with Crippen molar-refractivity contribution in [2.24, 2.45) is 11.8 Å². The summed E-state index contributed by atoms with van der Waals surface area (Å²) in [5.41, 5.74) is -4.32. The second-order valence-electron chi connectivity index (χ2n) is 10.2. The number of amides is 2. The first kappa shape index (κ1) is 29.1. The molecule has 1 aromatic heterocycles. The maximum absolute atomic E-state index is 13.9. The smallest absolute Gasteiger partial charge is 0.368 e.